The zero-order chi connectivity index (χ0) is 11.3. The average molecular weight is 249 g/mol. The molecule has 1 aromatic rings. The van der Waals surface area contributed by atoms with Gasteiger partial charge in [0.15, 0.2) is 8.03 Å². The fourth-order valence-electron chi connectivity index (χ4n) is 1.19. The molecule has 1 aromatic carbocycles. The third-order valence-corrected chi connectivity index (χ3v) is 2.78. The molecule has 0 saturated carbocycles. The lowest BCUT2D eigenvalue weighted by Crippen LogP contribution is -2.00. The lowest BCUT2D eigenvalue weighted by atomic mass is 10.1. The van der Waals surface area contributed by atoms with E-state index in [-0.39, 0.29) is 0 Å². The zero-order valence-corrected chi connectivity index (χ0v) is 10.2. The van der Waals surface area contributed by atoms with Gasteiger partial charge in [-0.2, -0.15) is 0 Å². The molecule has 84 valence electrons. The highest BCUT2D eigenvalue weighted by Gasteiger charge is 2.07. The SMILES string of the molecule is C[PH](=O)OCC[C@H](O)c1cccc(Cl)c1. The van der Waals surface area contributed by atoms with Gasteiger partial charge in [0, 0.05) is 18.1 Å². The van der Waals surface area contributed by atoms with Crippen LogP contribution in [0, 0.1) is 0 Å². The molecule has 0 aliphatic rings. The highest BCUT2D eigenvalue weighted by molar-refractivity contribution is 7.38. The quantitative estimate of drug-likeness (QED) is 0.815. The summed E-state index contributed by atoms with van der Waals surface area (Å²) in [4.78, 5) is 0. The Hall–Kier alpha value is -0.340. The minimum atomic E-state index is -1.91. The summed E-state index contributed by atoms with van der Waals surface area (Å²) in [7, 11) is -1.91. The highest BCUT2D eigenvalue weighted by atomic mass is 35.5. The van der Waals surface area contributed by atoms with Crippen LogP contribution in [0.1, 0.15) is 18.1 Å². The van der Waals surface area contributed by atoms with Crippen LogP contribution in [-0.4, -0.2) is 18.4 Å². The number of aliphatic hydroxyl groups excluding tert-OH is 1. The standard InChI is InChI=1S/C10H14ClO3P/c1-15(13)14-6-5-10(12)8-3-2-4-9(11)7-8/h2-4,7,10,12,15H,5-6H2,1H3/t10-/m0/s1. The molecule has 0 fully saturated rings. The Morgan fingerprint density at radius 3 is 2.93 bits per heavy atom. The van der Waals surface area contributed by atoms with Gasteiger partial charge in [-0.15, -0.1) is 0 Å². The number of rotatable bonds is 5. The molecule has 5 heteroatoms. The molecule has 3 nitrogen and oxygen atoms in total. The van der Waals surface area contributed by atoms with Crippen molar-refractivity contribution in [3.63, 3.8) is 0 Å². The summed E-state index contributed by atoms with van der Waals surface area (Å²) >= 11 is 5.79. The van der Waals surface area contributed by atoms with E-state index in [1.54, 1.807) is 24.3 Å². The second kappa shape index (κ2) is 6.29. The van der Waals surface area contributed by atoms with E-state index in [4.69, 9.17) is 16.1 Å². The van der Waals surface area contributed by atoms with E-state index in [2.05, 4.69) is 0 Å². The first-order chi connectivity index (χ1) is 7.09. The first kappa shape index (κ1) is 12.7. The summed E-state index contributed by atoms with van der Waals surface area (Å²) in [5.74, 6) is 0. The van der Waals surface area contributed by atoms with E-state index in [1.807, 2.05) is 0 Å². The van der Waals surface area contributed by atoms with Gasteiger partial charge < -0.3 is 9.63 Å². The summed E-state index contributed by atoms with van der Waals surface area (Å²) in [6.45, 7) is 1.82. The fourth-order valence-corrected chi connectivity index (χ4v) is 1.80. The van der Waals surface area contributed by atoms with Gasteiger partial charge in [0.25, 0.3) is 0 Å². The monoisotopic (exact) mass is 248 g/mol. The number of aliphatic hydroxyl groups is 1. The van der Waals surface area contributed by atoms with Gasteiger partial charge in [-0.25, -0.2) is 0 Å². The summed E-state index contributed by atoms with van der Waals surface area (Å²) < 4.78 is 15.6. The van der Waals surface area contributed by atoms with Gasteiger partial charge in [0.2, 0.25) is 0 Å². The lowest BCUT2D eigenvalue weighted by molar-refractivity contribution is 0.143. The van der Waals surface area contributed by atoms with Crippen molar-refractivity contribution in [3.05, 3.63) is 34.9 Å². The first-order valence-corrected chi connectivity index (χ1v) is 6.86. The molecule has 0 saturated heterocycles. The van der Waals surface area contributed by atoms with Crippen LogP contribution < -0.4 is 0 Å². The van der Waals surface area contributed by atoms with Gasteiger partial charge in [-0.05, 0) is 17.7 Å². The second-order valence-corrected chi connectivity index (χ2v) is 4.91. The van der Waals surface area contributed by atoms with Crippen molar-refractivity contribution >= 4 is 19.6 Å². The van der Waals surface area contributed by atoms with Gasteiger partial charge in [-0.3, -0.25) is 4.57 Å². The van der Waals surface area contributed by atoms with E-state index >= 15 is 0 Å². The van der Waals surface area contributed by atoms with Gasteiger partial charge in [-0.1, -0.05) is 23.7 Å². The number of hydrogen-bond donors (Lipinski definition) is 1. The van der Waals surface area contributed by atoms with Crippen molar-refractivity contribution < 1.29 is 14.2 Å². The Morgan fingerprint density at radius 1 is 1.60 bits per heavy atom. The van der Waals surface area contributed by atoms with E-state index in [9.17, 15) is 9.67 Å². The van der Waals surface area contributed by atoms with Crippen LogP contribution in [0.5, 0.6) is 0 Å². The largest absolute Gasteiger partial charge is 0.388 e. The van der Waals surface area contributed by atoms with Crippen LogP contribution in [0.4, 0.5) is 0 Å². The topological polar surface area (TPSA) is 46.5 Å². The van der Waals surface area contributed by atoms with Crippen molar-refractivity contribution in [3.8, 4) is 0 Å². The molecule has 1 N–H and O–H groups in total. The predicted octanol–water partition coefficient (Wildman–Crippen LogP) is 2.88. The second-order valence-electron chi connectivity index (χ2n) is 3.20. The molecule has 0 bridgehead atoms. The average Bonchev–Trinajstić information content (AvgIpc) is 2.17. The van der Waals surface area contributed by atoms with Crippen LogP contribution in [-0.2, 0) is 9.09 Å². The van der Waals surface area contributed by atoms with E-state index in [1.165, 1.54) is 6.66 Å². The van der Waals surface area contributed by atoms with E-state index in [0.717, 1.165) is 5.56 Å². The van der Waals surface area contributed by atoms with Gasteiger partial charge in [0.1, 0.15) is 0 Å². The summed E-state index contributed by atoms with van der Waals surface area (Å²) in [6.07, 6.45) is -0.199. The molecule has 0 spiro atoms. The Bertz CT molecular complexity index is 343. The van der Waals surface area contributed by atoms with Crippen LogP contribution >= 0.6 is 19.6 Å². The fraction of sp³-hybridized carbons (Fsp3) is 0.400. The maximum Gasteiger partial charge on any atom is 0.188 e. The molecular weight excluding hydrogens is 235 g/mol. The molecule has 15 heavy (non-hydrogen) atoms. The smallest absolute Gasteiger partial charge is 0.188 e. The number of halogens is 1. The Labute approximate surface area is 94.9 Å². The molecule has 2 atom stereocenters. The molecule has 0 amide bonds. The molecule has 1 rings (SSSR count). The highest BCUT2D eigenvalue weighted by Crippen LogP contribution is 2.22. The summed E-state index contributed by atoms with van der Waals surface area (Å²) in [5.41, 5.74) is 0.752. The molecular formula is C10H14ClO3P. The Balaban J connectivity index is 2.46. The normalized spacial score (nSPS) is 14.9. The minimum Gasteiger partial charge on any atom is -0.388 e. The van der Waals surface area contributed by atoms with Crippen LogP contribution in [0.2, 0.25) is 5.02 Å². The van der Waals surface area contributed by atoms with E-state index in [0.29, 0.717) is 18.1 Å². The molecule has 0 aromatic heterocycles. The summed E-state index contributed by atoms with van der Waals surface area (Å²) in [6, 6.07) is 7.04. The maximum absolute atomic E-state index is 10.7. The number of hydrogen-bond acceptors (Lipinski definition) is 3. The third kappa shape index (κ3) is 4.80. The molecule has 1 unspecified atom stereocenters. The van der Waals surface area contributed by atoms with Crippen molar-refractivity contribution in [1.82, 2.24) is 0 Å². The van der Waals surface area contributed by atoms with Crippen molar-refractivity contribution in [2.75, 3.05) is 13.3 Å². The third-order valence-electron chi connectivity index (χ3n) is 1.93. The van der Waals surface area contributed by atoms with Crippen molar-refractivity contribution in [1.29, 1.82) is 0 Å². The predicted molar refractivity (Wildman–Crippen MR) is 61.9 cm³/mol. The van der Waals surface area contributed by atoms with E-state index < -0.39 is 14.1 Å². The zero-order valence-electron chi connectivity index (χ0n) is 8.44. The Kier molecular flexibility index (Phi) is 5.34. The van der Waals surface area contributed by atoms with Crippen molar-refractivity contribution in [2.45, 2.75) is 12.5 Å². The van der Waals surface area contributed by atoms with Crippen LogP contribution in [0.3, 0.4) is 0 Å². The van der Waals surface area contributed by atoms with Gasteiger partial charge >= 0.3 is 0 Å². The molecule has 0 radical (unpaired) electrons. The van der Waals surface area contributed by atoms with Crippen LogP contribution in [0.25, 0.3) is 0 Å². The molecule has 0 aliphatic heterocycles. The molecule has 0 aliphatic carbocycles. The lowest BCUT2D eigenvalue weighted by Gasteiger charge is -2.10. The van der Waals surface area contributed by atoms with Gasteiger partial charge in [0.05, 0.1) is 12.7 Å². The summed E-state index contributed by atoms with van der Waals surface area (Å²) in [5, 5.41) is 10.3. The minimum absolute atomic E-state index is 0.294. The Morgan fingerprint density at radius 2 is 2.33 bits per heavy atom. The molecule has 0 heterocycles. The maximum atomic E-state index is 10.7. The van der Waals surface area contributed by atoms with Crippen molar-refractivity contribution in [2.24, 2.45) is 0 Å². The van der Waals surface area contributed by atoms with Crippen LogP contribution in [0.15, 0.2) is 24.3 Å². The first-order valence-electron chi connectivity index (χ1n) is 4.66. The number of benzene rings is 1.